The lowest BCUT2D eigenvalue weighted by atomic mass is 10.0. The Morgan fingerprint density at radius 2 is 1.96 bits per heavy atom. The molecule has 2 aromatic carbocycles. The Morgan fingerprint density at radius 1 is 1.29 bits per heavy atom. The number of hydrogen-bond acceptors (Lipinski definition) is 4. The number of non-ortho nitro benzene ring substituents is 1. The van der Waals surface area contributed by atoms with E-state index < -0.39 is 16.9 Å². The van der Waals surface area contributed by atoms with E-state index in [4.69, 9.17) is 11.6 Å². The Bertz CT molecular complexity index is 747. The first-order chi connectivity index (χ1) is 11.5. The van der Waals surface area contributed by atoms with E-state index in [0.29, 0.717) is 0 Å². The SMILES string of the molecule is CCc1ccc(C(CO)NC(=O)c2ccc([N+](=O)[O-])cc2Cl)cc1. The fourth-order valence-electron chi connectivity index (χ4n) is 2.26. The van der Waals surface area contributed by atoms with Crippen LogP contribution in [0.2, 0.25) is 5.02 Å². The molecule has 1 amide bonds. The van der Waals surface area contributed by atoms with Gasteiger partial charge in [0, 0.05) is 12.1 Å². The zero-order valence-electron chi connectivity index (χ0n) is 13.0. The average Bonchev–Trinajstić information content (AvgIpc) is 2.59. The first kappa shape index (κ1) is 17.9. The van der Waals surface area contributed by atoms with Crippen LogP contribution in [0.3, 0.4) is 0 Å². The van der Waals surface area contributed by atoms with Crippen molar-refractivity contribution in [3.05, 3.63) is 74.3 Å². The maximum atomic E-state index is 12.3. The second kappa shape index (κ2) is 7.90. The molecule has 24 heavy (non-hydrogen) atoms. The molecule has 0 saturated carbocycles. The van der Waals surface area contributed by atoms with E-state index in [1.807, 2.05) is 31.2 Å². The highest BCUT2D eigenvalue weighted by atomic mass is 35.5. The van der Waals surface area contributed by atoms with Crippen LogP contribution < -0.4 is 5.32 Å². The molecule has 2 aromatic rings. The number of nitrogens with one attached hydrogen (secondary N) is 1. The van der Waals surface area contributed by atoms with Gasteiger partial charge in [-0.2, -0.15) is 0 Å². The topological polar surface area (TPSA) is 92.5 Å². The summed E-state index contributed by atoms with van der Waals surface area (Å²) in [6.07, 6.45) is 0.898. The first-order valence-electron chi connectivity index (χ1n) is 7.40. The van der Waals surface area contributed by atoms with E-state index >= 15 is 0 Å². The summed E-state index contributed by atoms with van der Waals surface area (Å²) in [5.41, 5.74) is 1.84. The molecule has 0 aliphatic carbocycles. The van der Waals surface area contributed by atoms with Crippen molar-refractivity contribution in [3.8, 4) is 0 Å². The third kappa shape index (κ3) is 4.10. The minimum Gasteiger partial charge on any atom is -0.394 e. The molecule has 2 N–H and O–H groups in total. The minimum absolute atomic E-state index is 0.0141. The fourth-order valence-corrected chi connectivity index (χ4v) is 2.52. The summed E-state index contributed by atoms with van der Waals surface area (Å²) in [6.45, 7) is 1.76. The number of nitro benzene ring substituents is 1. The Labute approximate surface area is 144 Å². The molecule has 0 aromatic heterocycles. The standard InChI is InChI=1S/C17H17ClN2O4/c1-2-11-3-5-12(6-4-11)16(10-21)19-17(22)14-8-7-13(20(23)24)9-15(14)18/h3-9,16,21H,2,10H2,1H3,(H,19,22). The van der Waals surface area contributed by atoms with Gasteiger partial charge in [-0.3, -0.25) is 14.9 Å². The lowest BCUT2D eigenvalue weighted by molar-refractivity contribution is -0.384. The van der Waals surface area contributed by atoms with E-state index in [2.05, 4.69) is 5.32 Å². The molecule has 1 unspecified atom stereocenters. The summed E-state index contributed by atoms with van der Waals surface area (Å²) < 4.78 is 0. The van der Waals surface area contributed by atoms with Gasteiger partial charge in [0.25, 0.3) is 11.6 Å². The maximum Gasteiger partial charge on any atom is 0.270 e. The van der Waals surface area contributed by atoms with Crippen molar-refractivity contribution in [1.29, 1.82) is 0 Å². The van der Waals surface area contributed by atoms with Crippen LogP contribution in [0.25, 0.3) is 0 Å². The molecular formula is C17H17ClN2O4. The van der Waals surface area contributed by atoms with Gasteiger partial charge in [0.1, 0.15) is 0 Å². The molecular weight excluding hydrogens is 332 g/mol. The van der Waals surface area contributed by atoms with Gasteiger partial charge in [0.2, 0.25) is 0 Å². The van der Waals surface area contributed by atoms with Crippen molar-refractivity contribution in [2.75, 3.05) is 6.61 Å². The Balaban J connectivity index is 2.18. The van der Waals surface area contributed by atoms with Crippen LogP contribution >= 0.6 is 11.6 Å². The molecule has 1 atom stereocenters. The number of hydrogen-bond donors (Lipinski definition) is 2. The molecule has 0 aliphatic rings. The predicted octanol–water partition coefficient (Wildman–Crippen LogP) is 3.27. The summed E-state index contributed by atoms with van der Waals surface area (Å²) in [5, 5.41) is 22.9. The summed E-state index contributed by atoms with van der Waals surface area (Å²) in [5.74, 6) is -0.506. The highest BCUT2D eigenvalue weighted by molar-refractivity contribution is 6.34. The smallest absolute Gasteiger partial charge is 0.270 e. The van der Waals surface area contributed by atoms with Crippen LogP contribution in [-0.4, -0.2) is 22.5 Å². The second-order valence-corrected chi connectivity index (χ2v) is 5.63. The van der Waals surface area contributed by atoms with Crippen LogP contribution in [-0.2, 0) is 6.42 Å². The van der Waals surface area contributed by atoms with Crippen molar-refractivity contribution >= 4 is 23.2 Å². The molecule has 2 rings (SSSR count). The molecule has 0 heterocycles. The van der Waals surface area contributed by atoms with Crippen molar-refractivity contribution < 1.29 is 14.8 Å². The van der Waals surface area contributed by atoms with E-state index in [1.165, 1.54) is 12.1 Å². The van der Waals surface area contributed by atoms with E-state index in [1.54, 1.807) is 0 Å². The fraction of sp³-hybridized carbons (Fsp3) is 0.235. The summed E-state index contributed by atoms with van der Waals surface area (Å²) in [6, 6.07) is 10.6. The number of nitrogens with zero attached hydrogens (tertiary/aromatic N) is 1. The number of nitro groups is 1. The van der Waals surface area contributed by atoms with Crippen LogP contribution in [0.4, 0.5) is 5.69 Å². The molecule has 7 heteroatoms. The van der Waals surface area contributed by atoms with Gasteiger partial charge in [0.05, 0.1) is 28.2 Å². The molecule has 0 saturated heterocycles. The second-order valence-electron chi connectivity index (χ2n) is 5.23. The molecule has 0 fully saturated rings. The quantitative estimate of drug-likeness (QED) is 0.619. The summed E-state index contributed by atoms with van der Waals surface area (Å²) in [4.78, 5) is 22.5. The number of aliphatic hydroxyl groups is 1. The third-order valence-corrected chi connectivity index (χ3v) is 4.00. The van der Waals surface area contributed by atoms with Gasteiger partial charge < -0.3 is 10.4 Å². The molecule has 126 valence electrons. The molecule has 0 spiro atoms. The zero-order valence-corrected chi connectivity index (χ0v) is 13.8. The maximum absolute atomic E-state index is 12.3. The zero-order chi connectivity index (χ0) is 17.7. The Hall–Kier alpha value is -2.44. The molecule has 0 bridgehead atoms. The van der Waals surface area contributed by atoms with E-state index in [9.17, 15) is 20.0 Å². The first-order valence-corrected chi connectivity index (χ1v) is 7.78. The van der Waals surface area contributed by atoms with Crippen molar-refractivity contribution in [2.45, 2.75) is 19.4 Å². The van der Waals surface area contributed by atoms with Crippen LogP contribution in [0.5, 0.6) is 0 Å². The number of rotatable bonds is 6. The highest BCUT2D eigenvalue weighted by Crippen LogP contribution is 2.23. The van der Waals surface area contributed by atoms with Gasteiger partial charge in [-0.25, -0.2) is 0 Å². The molecule has 0 aliphatic heterocycles. The van der Waals surface area contributed by atoms with Crippen molar-refractivity contribution in [3.63, 3.8) is 0 Å². The van der Waals surface area contributed by atoms with E-state index in [0.717, 1.165) is 23.6 Å². The van der Waals surface area contributed by atoms with Gasteiger partial charge >= 0.3 is 0 Å². The normalized spacial score (nSPS) is 11.8. The van der Waals surface area contributed by atoms with E-state index in [-0.39, 0.29) is 22.9 Å². The highest BCUT2D eigenvalue weighted by Gasteiger charge is 2.19. The Morgan fingerprint density at radius 3 is 2.46 bits per heavy atom. The number of aryl methyl sites for hydroxylation is 1. The van der Waals surface area contributed by atoms with Crippen molar-refractivity contribution in [2.24, 2.45) is 0 Å². The van der Waals surface area contributed by atoms with Crippen LogP contribution in [0.15, 0.2) is 42.5 Å². The average molecular weight is 349 g/mol. The molecule has 6 nitrogen and oxygen atoms in total. The number of halogens is 1. The molecule has 0 radical (unpaired) electrons. The lowest BCUT2D eigenvalue weighted by Crippen LogP contribution is -2.31. The summed E-state index contributed by atoms with van der Waals surface area (Å²) >= 11 is 5.95. The van der Waals surface area contributed by atoms with Crippen molar-refractivity contribution in [1.82, 2.24) is 5.32 Å². The number of amides is 1. The Kier molecular flexibility index (Phi) is 5.89. The van der Waals surface area contributed by atoms with Gasteiger partial charge in [-0.15, -0.1) is 0 Å². The van der Waals surface area contributed by atoms with Crippen LogP contribution in [0.1, 0.15) is 34.5 Å². The number of carbonyl (C=O) groups is 1. The van der Waals surface area contributed by atoms with Gasteiger partial charge in [0.15, 0.2) is 0 Å². The van der Waals surface area contributed by atoms with Crippen LogP contribution in [0, 0.1) is 10.1 Å². The van der Waals surface area contributed by atoms with Gasteiger partial charge in [-0.05, 0) is 23.6 Å². The monoisotopic (exact) mass is 348 g/mol. The largest absolute Gasteiger partial charge is 0.394 e. The summed E-state index contributed by atoms with van der Waals surface area (Å²) in [7, 11) is 0. The number of carbonyl (C=O) groups excluding carboxylic acids is 1. The predicted molar refractivity (Wildman–Crippen MR) is 91.2 cm³/mol. The third-order valence-electron chi connectivity index (χ3n) is 3.69. The number of benzene rings is 2. The number of aliphatic hydroxyl groups excluding tert-OH is 1. The minimum atomic E-state index is -0.588. The van der Waals surface area contributed by atoms with Gasteiger partial charge in [-0.1, -0.05) is 42.8 Å². The lowest BCUT2D eigenvalue weighted by Gasteiger charge is -2.17.